The Morgan fingerprint density at radius 3 is 2.71 bits per heavy atom. The van der Waals surface area contributed by atoms with Crippen LogP contribution in [0.15, 0.2) is 18.2 Å². The van der Waals surface area contributed by atoms with E-state index in [1.54, 1.807) is 0 Å². The van der Waals surface area contributed by atoms with Crippen molar-refractivity contribution in [3.63, 3.8) is 0 Å². The van der Waals surface area contributed by atoms with Gasteiger partial charge in [-0.25, -0.2) is 4.39 Å². The van der Waals surface area contributed by atoms with Gasteiger partial charge in [0.25, 0.3) is 11.6 Å². The van der Waals surface area contributed by atoms with Crippen LogP contribution in [-0.4, -0.2) is 41.3 Å². The van der Waals surface area contributed by atoms with Crippen molar-refractivity contribution in [2.24, 2.45) is 0 Å². The van der Waals surface area contributed by atoms with Crippen molar-refractivity contribution in [3.05, 3.63) is 39.7 Å². The van der Waals surface area contributed by atoms with Gasteiger partial charge in [0.2, 0.25) is 0 Å². The number of nitrogens with zero attached hydrogens (tertiary/aromatic N) is 1. The van der Waals surface area contributed by atoms with Gasteiger partial charge in [0.15, 0.2) is 0 Å². The standard InChI is InChI=1S/C13H15FN2O5/c14-10-5-9(6-11(7-10)16(19)20)12(17)15-8-13(18)1-3-21-4-2-13/h5-7,18H,1-4,8H2,(H,15,17). The number of nitro groups is 1. The lowest BCUT2D eigenvalue weighted by Crippen LogP contribution is -2.46. The second kappa shape index (κ2) is 6.15. The molecule has 7 nitrogen and oxygen atoms in total. The van der Waals surface area contributed by atoms with Crippen molar-refractivity contribution < 1.29 is 24.0 Å². The molecule has 1 aromatic carbocycles. The molecule has 0 atom stereocenters. The zero-order valence-electron chi connectivity index (χ0n) is 11.2. The lowest BCUT2D eigenvalue weighted by Gasteiger charge is -2.32. The zero-order valence-corrected chi connectivity index (χ0v) is 11.2. The molecule has 8 heteroatoms. The fourth-order valence-corrected chi connectivity index (χ4v) is 2.09. The fourth-order valence-electron chi connectivity index (χ4n) is 2.09. The third kappa shape index (κ3) is 3.96. The number of amides is 1. The topological polar surface area (TPSA) is 102 Å². The molecule has 2 rings (SSSR count). The highest BCUT2D eigenvalue weighted by molar-refractivity contribution is 5.94. The molecule has 1 fully saturated rings. The Morgan fingerprint density at radius 2 is 2.10 bits per heavy atom. The number of halogens is 1. The number of carbonyl (C=O) groups excluding carboxylic acids is 1. The Bertz CT molecular complexity index is 557. The lowest BCUT2D eigenvalue weighted by molar-refractivity contribution is -0.385. The Hall–Kier alpha value is -2.06. The molecule has 0 spiro atoms. The molecule has 1 aromatic rings. The quantitative estimate of drug-likeness (QED) is 0.638. The van der Waals surface area contributed by atoms with Crippen molar-refractivity contribution >= 4 is 11.6 Å². The number of carbonyl (C=O) groups is 1. The molecule has 1 aliphatic rings. The van der Waals surface area contributed by atoms with E-state index in [-0.39, 0.29) is 12.1 Å². The number of non-ortho nitro benzene ring substituents is 1. The molecule has 1 amide bonds. The summed E-state index contributed by atoms with van der Waals surface area (Å²) in [5.74, 6) is -1.53. The zero-order chi connectivity index (χ0) is 15.5. The third-order valence-electron chi connectivity index (χ3n) is 3.36. The van der Waals surface area contributed by atoms with Crippen LogP contribution in [0.4, 0.5) is 10.1 Å². The third-order valence-corrected chi connectivity index (χ3v) is 3.36. The summed E-state index contributed by atoms with van der Waals surface area (Å²) in [5.41, 5.74) is -1.71. The van der Waals surface area contributed by atoms with Gasteiger partial charge < -0.3 is 15.2 Å². The molecule has 0 aromatic heterocycles. The summed E-state index contributed by atoms with van der Waals surface area (Å²) < 4.78 is 18.4. The van der Waals surface area contributed by atoms with Gasteiger partial charge in [0, 0.05) is 44.2 Å². The summed E-state index contributed by atoms with van der Waals surface area (Å²) >= 11 is 0. The maximum absolute atomic E-state index is 13.3. The Kier molecular flexibility index (Phi) is 4.49. The maximum Gasteiger partial charge on any atom is 0.273 e. The van der Waals surface area contributed by atoms with Crippen molar-refractivity contribution in [1.82, 2.24) is 5.32 Å². The van der Waals surface area contributed by atoms with Gasteiger partial charge in [-0.15, -0.1) is 0 Å². The van der Waals surface area contributed by atoms with Crippen LogP contribution in [0.25, 0.3) is 0 Å². The predicted octanol–water partition coefficient (Wildman–Crippen LogP) is 1.01. The Morgan fingerprint density at radius 1 is 1.43 bits per heavy atom. The Balaban J connectivity index is 2.04. The first-order valence-corrected chi connectivity index (χ1v) is 6.43. The second-order valence-corrected chi connectivity index (χ2v) is 4.97. The van der Waals surface area contributed by atoms with E-state index in [0.717, 1.165) is 18.2 Å². The highest BCUT2D eigenvalue weighted by Gasteiger charge is 2.30. The van der Waals surface area contributed by atoms with E-state index in [9.17, 15) is 24.4 Å². The van der Waals surface area contributed by atoms with E-state index >= 15 is 0 Å². The van der Waals surface area contributed by atoms with E-state index in [1.807, 2.05) is 0 Å². The maximum atomic E-state index is 13.3. The second-order valence-electron chi connectivity index (χ2n) is 4.97. The van der Waals surface area contributed by atoms with Crippen LogP contribution in [-0.2, 0) is 4.74 Å². The van der Waals surface area contributed by atoms with Crippen LogP contribution in [0.2, 0.25) is 0 Å². The number of hydrogen-bond acceptors (Lipinski definition) is 5. The molecule has 0 saturated carbocycles. The van der Waals surface area contributed by atoms with E-state index in [0.29, 0.717) is 26.1 Å². The normalized spacial score (nSPS) is 17.2. The van der Waals surface area contributed by atoms with Gasteiger partial charge in [-0.2, -0.15) is 0 Å². The molecule has 21 heavy (non-hydrogen) atoms. The van der Waals surface area contributed by atoms with E-state index < -0.39 is 27.9 Å². The molecule has 1 heterocycles. The fraction of sp³-hybridized carbons (Fsp3) is 0.462. The van der Waals surface area contributed by atoms with Gasteiger partial charge in [-0.3, -0.25) is 14.9 Å². The van der Waals surface area contributed by atoms with E-state index in [4.69, 9.17) is 4.74 Å². The minimum Gasteiger partial charge on any atom is -0.388 e. The molecule has 0 aliphatic carbocycles. The Labute approximate surface area is 119 Å². The summed E-state index contributed by atoms with van der Waals surface area (Å²) in [4.78, 5) is 21.8. The largest absolute Gasteiger partial charge is 0.388 e. The molecule has 0 radical (unpaired) electrons. The van der Waals surface area contributed by atoms with Crippen molar-refractivity contribution in [2.45, 2.75) is 18.4 Å². The first-order valence-electron chi connectivity index (χ1n) is 6.43. The minimum atomic E-state index is -1.06. The molecular formula is C13H15FN2O5. The smallest absolute Gasteiger partial charge is 0.273 e. The van der Waals surface area contributed by atoms with Crippen molar-refractivity contribution in [2.75, 3.05) is 19.8 Å². The molecule has 0 unspecified atom stereocenters. The van der Waals surface area contributed by atoms with Gasteiger partial charge in [-0.1, -0.05) is 0 Å². The number of benzene rings is 1. The van der Waals surface area contributed by atoms with Gasteiger partial charge in [0.05, 0.1) is 16.6 Å². The first-order chi connectivity index (χ1) is 9.89. The average Bonchev–Trinajstić information content (AvgIpc) is 2.45. The van der Waals surface area contributed by atoms with Gasteiger partial charge in [-0.05, 0) is 6.07 Å². The summed E-state index contributed by atoms with van der Waals surface area (Å²) in [6, 6.07) is 2.64. The highest BCUT2D eigenvalue weighted by atomic mass is 19.1. The minimum absolute atomic E-state index is 0.0144. The molecule has 114 valence electrons. The van der Waals surface area contributed by atoms with Crippen molar-refractivity contribution in [3.8, 4) is 0 Å². The SMILES string of the molecule is O=C(NCC1(O)CCOCC1)c1cc(F)cc([N+](=O)[O-])c1. The summed E-state index contributed by atoms with van der Waals surface area (Å²) in [7, 11) is 0. The molecule has 1 aliphatic heterocycles. The summed E-state index contributed by atoms with van der Waals surface area (Å²) in [6.07, 6.45) is 0.771. The number of hydrogen-bond donors (Lipinski definition) is 2. The average molecular weight is 298 g/mol. The number of aliphatic hydroxyl groups is 1. The number of nitrogens with one attached hydrogen (secondary N) is 1. The monoisotopic (exact) mass is 298 g/mol. The molecule has 1 saturated heterocycles. The van der Waals surface area contributed by atoms with Crippen LogP contribution in [0.5, 0.6) is 0 Å². The van der Waals surface area contributed by atoms with Gasteiger partial charge in [0.1, 0.15) is 5.82 Å². The van der Waals surface area contributed by atoms with Crippen molar-refractivity contribution in [1.29, 1.82) is 0 Å². The van der Waals surface area contributed by atoms with Crippen LogP contribution >= 0.6 is 0 Å². The van der Waals surface area contributed by atoms with Crippen LogP contribution in [0.1, 0.15) is 23.2 Å². The molecule has 2 N–H and O–H groups in total. The van der Waals surface area contributed by atoms with Crippen LogP contribution < -0.4 is 5.32 Å². The van der Waals surface area contributed by atoms with E-state index in [1.165, 1.54) is 0 Å². The lowest BCUT2D eigenvalue weighted by atomic mass is 9.94. The number of rotatable bonds is 4. The van der Waals surface area contributed by atoms with Gasteiger partial charge >= 0.3 is 0 Å². The van der Waals surface area contributed by atoms with E-state index in [2.05, 4.69) is 5.32 Å². The van der Waals surface area contributed by atoms with Crippen LogP contribution in [0, 0.1) is 15.9 Å². The highest BCUT2D eigenvalue weighted by Crippen LogP contribution is 2.20. The van der Waals surface area contributed by atoms with Crippen LogP contribution in [0.3, 0.4) is 0 Å². The summed E-state index contributed by atoms with van der Waals surface area (Å²) in [5, 5.41) is 23.3. The summed E-state index contributed by atoms with van der Waals surface area (Å²) in [6.45, 7) is 0.787. The predicted molar refractivity (Wildman–Crippen MR) is 70.4 cm³/mol. The molecular weight excluding hydrogens is 283 g/mol. The number of ether oxygens (including phenoxy) is 1. The molecule has 0 bridgehead atoms. The number of nitro benzene ring substituents is 1. The first kappa shape index (κ1) is 15.3.